The van der Waals surface area contributed by atoms with Crippen molar-refractivity contribution in [3.63, 3.8) is 0 Å². The van der Waals surface area contributed by atoms with Crippen LogP contribution in [0.5, 0.6) is 0 Å². The van der Waals surface area contributed by atoms with Crippen LogP contribution < -0.4 is 11.5 Å². The zero-order valence-corrected chi connectivity index (χ0v) is 8.02. The summed E-state index contributed by atoms with van der Waals surface area (Å²) < 4.78 is 0. The van der Waals surface area contributed by atoms with Gasteiger partial charge in [-0.25, -0.2) is 4.99 Å². The molecule has 0 amide bonds. The highest BCUT2D eigenvalue weighted by Crippen LogP contribution is 2.14. The topological polar surface area (TPSA) is 64.4 Å². The highest BCUT2D eigenvalue weighted by atomic mass is 14.9. The van der Waals surface area contributed by atoms with Crippen LogP contribution in [-0.2, 0) is 0 Å². The van der Waals surface area contributed by atoms with E-state index in [9.17, 15) is 0 Å². The lowest BCUT2D eigenvalue weighted by atomic mass is 10.1. The van der Waals surface area contributed by atoms with Crippen LogP contribution >= 0.6 is 0 Å². The van der Waals surface area contributed by atoms with Gasteiger partial charge in [-0.2, -0.15) is 0 Å². The quantitative estimate of drug-likeness (QED) is 0.380. The molecule has 0 aliphatic rings. The minimum absolute atomic E-state index is 0.504. The molecule has 0 atom stereocenters. The molecule has 3 heteroatoms. The van der Waals surface area contributed by atoms with E-state index in [-0.39, 0.29) is 0 Å². The van der Waals surface area contributed by atoms with Gasteiger partial charge in [0.05, 0.1) is 11.5 Å². The molecule has 0 bridgehead atoms. The third kappa shape index (κ3) is 3.23. The Labute approximate surface area is 73.9 Å². The molecule has 0 saturated carbocycles. The molecule has 0 rings (SSSR count). The molecule has 0 aromatic rings. The van der Waals surface area contributed by atoms with E-state index < -0.39 is 0 Å². The molecule has 0 fully saturated rings. The fourth-order valence-corrected chi connectivity index (χ4v) is 0.790. The molecule has 3 nitrogen and oxygen atoms in total. The average molecular weight is 167 g/mol. The Kier molecular flexibility index (Phi) is 4.11. The number of amidine groups is 1. The number of nitrogens with zero attached hydrogens (tertiary/aromatic N) is 1. The molecule has 0 aliphatic heterocycles. The molecule has 12 heavy (non-hydrogen) atoms. The largest absolute Gasteiger partial charge is 0.401 e. The highest BCUT2D eigenvalue weighted by molar-refractivity contribution is 5.79. The third-order valence-corrected chi connectivity index (χ3v) is 1.42. The van der Waals surface area contributed by atoms with Crippen LogP contribution in [0.1, 0.15) is 27.2 Å². The first-order valence-corrected chi connectivity index (χ1v) is 3.94. The predicted octanol–water partition coefficient (Wildman–Crippen LogP) is 1.52. The standard InChI is InChI=1S/C9H17N3/c1-5-6(2)9(7(3)10)12-8(4)11/h2,5,10H2,1,3-4H3,(H2,11,12)/b9-7+. The number of hydrogen-bond acceptors (Lipinski definition) is 2. The summed E-state index contributed by atoms with van der Waals surface area (Å²) in [6, 6.07) is 0. The lowest BCUT2D eigenvalue weighted by molar-refractivity contribution is 1.06. The first-order chi connectivity index (χ1) is 5.49. The fraction of sp³-hybridized carbons (Fsp3) is 0.444. The second kappa shape index (κ2) is 4.59. The van der Waals surface area contributed by atoms with Crippen molar-refractivity contribution in [1.29, 1.82) is 0 Å². The van der Waals surface area contributed by atoms with E-state index in [0.29, 0.717) is 11.5 Å². The number of rotatable bonds is 3. The Hall–Kier alpha value is -1.25. The van der Waals surface area contributed by atoms with Crippen LogP contribution in [0.15, 0.2) is 28.5 Å². The summed E-state index contributed by atoms with van der Waals surface area (Å²) in [7, 11) is 0. The van der Waals surface area contributed by atoms with Gasteiger partial charge in [0.1, 0.15) is 0 Å². The third-order valence-electron chi connectivity index (χ3n) is 1.42. The fourth-order valence-electron chi connectivity index (χ4n) is 0.790. The van der Waals surface area contributed by atoms with Crippen molar-refractivity contribution in [3.8, 4) is 0 Å². The van der Waals surface area contributed by atoms with Crippen LogP contribution in [0.4, 0.5) is 0 Å². The lowest BCUT2D eigenvalue weighted by Gasteiger charge is -2.05. The van der Waals surface area contributed by atoms with E-state index in [2.05, 4.69) is 11.6 Å². The Morgan fingerprint density at radius 1 is 1.33 bits per heavy atom. The maximum atomic E-state index is 5.62. The predicted molar refractivity (Wildman–Crippen MR) is 53.6 cm³/mol. The lowest BCUT2D eigenvalue weighted by Crippen LogP contribution is -2.08. The minimum Gasteiger partial charge on any atom is -0.401 e. The molecular weight excluding hydrogens is 150 g/mol. The van der Waals surface area contributed by atoms with E-state index in [1.165, 1.54) is 0 Å². The monoisotopic (exact) mass is 167 g/mol. The number of hydrogen-bond donors (Lipinski definition) is 2. The Balaban J connectivity index is 4.84. The van der Waals surface area contributed by atoms with Gasteiger partial charge in [-0.1, -0.05) is 13.5 Å². The molecule has 0 aliphatic carbocycles. The molecule has 0 aromatic carbocycles. The van der Waals surface area contributed by atoms with Crippen LogP contribution in [-0.4, -0.2) is 5.84 Å². The van der Waals surface area contributed by atoms with Crippen molar-refractivity contribution in [2.75, 3.05) is 0 Å². The van der Waals surface area contributed by atoms with Crippen molar-refractivity contribution >= 4 is 5.84 Å². The van der Waals surface area contributed by atoms with Crippen molar-refractivity contribution in [2.45, 2.75) is 27.2 Å². The van der Waals surface area contributed by atoms with Crippen LogP contribution in [0, 0.1) is 0 Å². The van der Waals surface area contributed by atoms with E-state index in [1.807, 2.05) is 6.92 Å². The minimum atomic E-state index is 0.504. The summed E-state index contributed by atoms with van der Waals surface area (Å²) in [6.45, 7) is 9.38. The summed E-state index contributed by atoms with van der Waals surface area (Å²) in [5, 5.41) is 0. The van der Waals surface area contributed by atoms with Gasteiger partial charge in [0.2, 0.25) is 0 Å². The van der Waals surface area contributed by atoms with E-state index in [4.69, 9.17) is 11.5 Å². The van der Waals surface area contributed by atoms with Gasteiger partial charge < -0.3 is 11.5 Å². The van der Waals surface area contributed by atoms with Crippen molar-refractivity contribution in [3.05, 3.63) is 23.5 Å². The average Bonchev–Trinajstić information content (AvgIpc) is 1.98. The van der Waals surface area contributed by atoms with Gasteiger partial charge in [0, 0.05) is 5.70 Å². The summed E-state index contributed by atoms with van der Waals surface area (Å²) in [5.41, 5.74) is 13.4. The molecular formula is C9H17N3. The zero-order valence-electron chi connectivity index (χ0n) is 8.02. The molecule has 0 saturated heterocycles. The van der Waals surface area contributed by atoms with Gasteiger partial charge in [-0.3, -0.25) is 0 Å². The van der Waals surface area contributed by atoms with Crippen molar-refractivity contribution < 1.29 is 0 Å². The summed E-state index contributed by atoms with van der Waals surface area (Å²) in [6.07, 6.45) is 0.834. The Bertz CT molecular complexity index is 228. The van der Waals surface area contributed by atoms with Gasteiger partial charge in [0.15, 0.2) is 0 Å². The van der Waals surface area contributed by atoms with Crippen molar-refractivity contribution in [1.82, 2.24) is 0 Å². The summed E-state index contributed by atoms with van der Waals surface area (Å²) in [5.74, 6) is 0.504. The van der Waals surface area contributed by atoms with Crippen LogP contribution in [0.2, 0.25) is 0 Å². The molecule has 0 spiro atoms. The number of nitrogens with two attached hydrogens (primary N) is 2. The van der Waals surface area contributed by atoms with Crippen LogP contribution in [0.25, 0.3) is 0 Å². The maximum absolute atomic E-state index is 5.62. The Morgan fingerprint density at radius 2 is 1.83 bits per heavy atom. The second-order valence-corrected chi connectivity index (χ2v) is 2.74. The van der Waals surface area contributed by atoms with Crippen molar-refractivity contribution in [2.24, 2.45) is 16.5 Å². The van der Waals surface area contributed by atoms with E-state index in [1.54, 1.807) is 13.8 Å². The SMILES string of the molecule is C=C(CC)C(/N=C(\C)N)=C(/C)N. The summed E-state index contributed by atoms with van der Waals surface area (Å²) in [4.78, 5) is 4.10. The first-order valence-electron chi connectivity index (χ1n) is 3.94. The summed E-state index contributed by atoms with van der Waals surface area (Å²) >= 11 is 0. The molecule has 0 heterocycles. The molecule has 0 unspecified atom stereocenters. The zero-order chi connectivity index (χ0) is 9.72. The molecule has 4 N–H and O–H groups in total. The second-order valence-electron chi connectivity index (χ2n) is 2.74. The molecule has 68 valence electrons. The highest BCUT2D eigenvalue weighted by Gasteiger charge is 2.01. The van der Waals surface area contributed by atoms with Gasteiger partial charge in [-0.15, -0.1) is 0 Å². The molecule has 0 aromatic heterocycles. The van der Waals surface area contributed by atoms with E-state index >= 15 is 0 Å². The smallest absolute Gasteiger partial charge is 0.0965 e. The van der Waals surface area contributed by atoms with Gasteiger partial charge >= 0.3 is 0 Å². The molecule has 0 radical (unpaired) electrons. The number of aliphatic imine (C=N–C) groups is 1. The first kappa shape index (κ1) is 10.8. The number of allylic oxidation sites excluding steroid dienone is 2. The van der Waals surface area contributed by atoms with E-state index in [0.717, 1.165) is 17.7 Å². The normalized spacial score (nSPS) is 14.1. The van der Waals surface area contributed by atoms with Crippen LogP contribution in [0.3, 0.4) is 0 Å². The maximum Gasteiger partial charge on any atom is 0.0965 e. The van der Waals surface area contributed by atoms with Gasteiger partial charge in [-0.05, 0) is 25.8 Å². The van der Waals surface area contributed by atoms with Gasteiger partial charge in [0.25, 0.3) is 0 Å². The Morgan fingerprint density at radius 3 is 2.08 bits per heavy atom.